The van der Waals surface area contributed by atoms with Crippen molar-refractivity contribution in [2.75, 3.05) is 38.3 Å². The minimum absolute atomic E-state index is 0.00978. The number of ether oxygens (including phenoxy) is 1. The van der Waals surface area contributed by atoms with Crippen molar-refractivity contribution in [3.63, 3.8) is 0 Å². The van der Waals surface area contributed by atoms with E-state index in [1.807, 2.05) is 55.9 Å². The van der Waals surface area contributed by atoms with Crippen molar-refractivity contribution in [1.82, 2.24) is 14.7 Å². The van der Waals surface area contributed by atoms with Gasteiger partial charge in [0.1, 0.15) is 0 Å². The van der Waals surface area contributed by atoms with E-state index < -0.39 is 0 Å². The molecular weight excluding hydrogens is 376 g/mol. The van der Waals surface area contributed by atoms with Crippen molar-refractivity contribution < 1.29 is 9.53 Å². The second-order valence-corrected chi connectivity index (χ2v) is 7.72. The molecule has 0 aliphatic carbocycles. The molecule has 1 fully saturated rings. The van der Waals surface area contributed by atoms with E-state index in [1.54, 1.807) is 4.90 Å². The van der Waals surface area contributed by atoms with Crippen LogP contribution in [0.3, 0.4) is 0 Å². The van der Waals surface area contributed by atoms with Gasteiger partial charge in [-0.05, 0) is 43.7 Å². The van der Waals surface area contributed by atoms with E-state index in [0.717, 1.165) is 48.9 Å². The van der Waals surface area contributed by atoms with Crippen LogP contribution in [0.15, 0.2) is 54.6 Å². The van der Waals surface area contributed by atoms with E-state index in [1.165, 1.54) is 5.69 Å². The van der Waals surface area contributed by atoms with Crippen molar-refractivity contribution in [1.29, 1.82) is 0 Å². The summed E-state index contributed by atoms with van der Waals surface area (Å²) in [5.74, 6) is -0.00978. The summed E-state index contributed by atoms with van der Waals surface area (Å²) >= 11 is 0. The number of nitrogens with zero attached hydrogens (tertiary/aromatic N) is 4. The highest BCUT2D eigenvalue weighted by Crippen LogP contribution is 2.21. The van der Waals surface area contributed by atoms with Crippen LogP contribution in [0.25, 0.3) is 5.69 Å². The van der Waals surface area contributed by atoms with Crippen LogP contribution in [0.1, 0.15) is 27.3 Å². The number of rotatable bonds is 5. The smallest absolute Gasteiger partial charge is 0.257 e. The molecule has 1 aliphatic rings. The molecule has 0 saturated carbocycles. The summed E-state index contributed by atoms with van der Waals surface area (Å²) in [6, 6.07) is 18.4. The van der Waals surface area contributed by atoms with Gasteiger partial charge in [0.15, 0.2) is 0 Å². The molecule has 4 rings (SSSR count). The minimum Gasteiger partial charge on any atom is -0.378 e. The molecule has 1 saturated heterocycles. The third kappa shape index (κ3) is 4.09. The lowest BCUT2D eigenvalue weighted by molar-refractivity contribution is 0.0783. The lowest BCUT2D eigenvalue weighted by atomic mass is 10.1. The number of aryl methyl sites for hydroxylation is 1. The largest absolute Gasteiger partial charge is 0.378 e. The highest BCUT2D eigenvalue weighted by atomic mass is 16.5. The first-order valence-electron chi connectivity index (χ1n) is 10.3. The Morgan fingerprint density at radius 1 is 1.00 bits per heavy atom. The predicted octanol–water partition coefficient (Wildman–Crippen LogP) is 3.60. The maximum atomic E-state index is 13.2. The maximum absolute atomic E-state index is 13.2. The van der Waals surface area contributed by atoms with Gasteiger partial charge in [0.25, 0.3) is 5.91 Å². The Kier molecular flexibility index (Phi) is 5.86. The van der Waals surface area contributed by atoms with Gasteiger partial charge < -0.3 is 14.5 Å². The Balaban J connectivity index is 1.48. The molecule has 0 N–H and O–H groups in total. The first kappa shape index (κ1) is 20.2. The zero-order valence-corrected chi connectivity index (χ0v) is 17.8. The first-order chi connectivity index (χ1) is 14.5. The lowest BCUT2D eigenvalue weighted by Gasteiger charge is -2.29. The monoisotopic (exact) mass is 404 g/mol. The van der Waals surface area contributed by atoms with Crippen LogP contribution in [-0.2, 0) is 11.3 Å². The van der Waals surface area contributed by atoms with E-state index in [0.29, 0.717) is 12.1 Å². The second-order valence-electron chi connectivity index (χ2n) is 7.72. The van der Waals surface area contributed by atoms with Gasteiger partial charge in [0, 0.05) is 32.4 Å². The fraction of sp³-hybridized carbons (Fsp3) is 0.333. The molecule has 156 valence electrons. The van der Waals surface area contributed by atoms with Crippen molar-refractivity contribution in [2.24, 2.45) is 0 Å². The highest BCUT2D eigenvalue weighted by Gasteiger charge is 2.22. The zero-order chi connectivity index (χ0) is 21.1. The van der Waals surface area contributed by atoms with Gasteiger partial charge in [0.2, 0.25) is 0 Å². The molecule has 0 radical (unpaired) electrons. The number of anilines is 1. The van der Waals surface area contributed by atoms with Crippen molar-refractivity contribution in [3.05, 3.63) is 77.1 Å². The molecule has 6 nitrogen and oxygen atoms in total. The Hall–Kier alpha value is -3.12. The minimum atomic E-state index is -0.00978. The molecule has 2 heterocycles. The van der Waals surface area contributed by atoms with Crippen LogP contribution in [0.2, 0.25) is 0 Å². The standard InChI is InChI=1S/C24H28N4O2/c1-18-23(19(2)28(25-18)22-7-5-4-6-8-22)24(29)26(3)17-20-9-11-21(12-10-20)27-13-15-30-16-14-27/h4-12H,13-17H2,1-3H3. The number of hydrogen-bond acceptors (Lipinski definition) is 4. The van der Waals surface area contributed by atoms with Gasteiger partial charge in [-0.3, -0.25) is 4.79 Å². The van der Waals surface area contributed by atoms with Gasteiger partial charge in [-0.15, -0.1) is 0 Å². The van der Waals surface area contributed by atoms with Crippen LogP contribution >= 0.6 is 0 Å². The molecule has 2 aromatic carbocycles. The van der Waals surface area contributed by atoms with Crippen LogP contribution in [0.5, 0.6) is 0 Å². The molecular formula is C24H28N4O2. The lowest BCUT2D eigenvalue weighted by Crippen LogP contribution is -2.36. The van der Waals surface area contributed by atoms with Crippen LogP contribution in [0.4, 0.5) is 5.69 Å². The molecule has 30 heavy (non-hydrogen) atoms. The number of para-hydroxylation sites is 1. The highest BCUT2D eigenvalue weighted by molar-refractivity contribution is 5.96. The van der Waals surface area contributed by atoms with E-state index in [-0.39, 0.29) is 5.91 Å². The van der Waals surface area contributed by atoms with Crippen molar-refractivity contribution in [2.45, 2.75) is 20.4 Å². The third-order valence-electron chi connectivity index (χ3n) is 5.58. The number of morpholine rings is 1. The molecule has 0 spiro atoms. The third-order valence-corrected chi connectivity index (χ3v) is 5.58. The van der Waals surface area contributed by atoms with E-state index >= 15 is 0 Å². The topological polar surface area (TPSA) is 50.6 Å². The average Bonchev–Trinajstić information content (AvgIpc) is 3.08. The molecule has 3 aromatic rings. The molecule has 1 amide bonds. The van der Waals surface area contributed by atoms with E-state index in [4.69, 9.17) is 4.74 Å². The van der Waals surface area contributed by atoms with Gasteiger partial charge in [-0.1, -0.05) is 30.3 Å². The van der Waals surface area contributed by atoms with Gasteiger partial charge >= 0.3 is 0 Å². The number of aromatic nitrogens is 2. The molecule has 1 aromatic heterocycles. The molecule has 0 unspecified atom stereocenters. The zero-order valence-electron chi connectivity index (χ0n) is 17.8. The SMILES string of the molecule is Cc1nn(-c2ccccc2)c(C)c1C(=O)N(C)Cc1ccc(N2CCOCC2)cc1. The Morgan fingerprint density at radius 3 is 2.33 bits per heavy atom. The molecule has 1 aliphatic heterocycles. The molecule has 0 atom stereocenters. The fourth-order valence-corrected chi connectivity index (χ4v) is 3.94. The predicted molar refractivity (Wildman–Crippen MR) is 118 cm³/mol. The quantitative estimate of drug-likeness (QED) is 0.652. The summed E-state index contributed by atoms with van der Waals surface area (Å²) in [5, 5.41) is 4.61. The van der Waals surface area contributed by atoms with Gasteiger partial charge in [-0.25, -0.2) is 4.68 Å². The first-order valence-corrected chi connectivity index (χ1v) is 10.3. The van der Waals surface area contributed by atoms with Crippen LogP contribution in [0, 0.1) is 13.8 Å². The number of benzene rings is 2. The average molecular weight is 405 g/mol. The van der Waals surface area contributed by atoms with E-state index in [9.17, 15) is 4.79 Å². The summed E-state index contributed by atoms with van der Waals surface area (Å²) in [4.78, 5) is 17.3. The van der Waals surface area contributed by atoms with E-state index in [2.05, 4.69) is 34.3 Å². The second kappa shape index (κ2) is 8.71. The fourth-order valence-electron chi connectivity index (χ4n) is 3.94. The Bertz CT molecular complexity index is 1010. The molecule has 0 bridgehead atoms. The number of carbonyl (C=O) groups is 1. The van der Waals surface area contributed by atoms with Crippen molar-refractivity contribution >= 4 is 11.6 Å². The Labute approximate surface area is 177 Å². The van der Waals surface area contributed by atoms with Gasteiger partial charge in [-0.2, -0.15) is 5.10 Å². The summed E-state index contributed by atoms with van der Waals surface area (Å²) in [5.41, 5.74) is 5.54. The van der Waals surface area contributed by atoms with Crippen molar-refractivity contribution in [3.8, 4) is 5.69 Å². The van der Waals surface area contributed by atoms with Gasteiger partial charge in [0.05, 0.1) is 35.9 Å². The summed E-state index contributed by atoms with van der Waals surface area (Å²) in [7, 11) is 1.84. The Morgan fingerprint density at radius 2 is 1.67 bits per heavy atom. The van der Waals surface area contributed by atoms with Crippen LogP contribution in [-0.4, -0.2) is 53.9 Å². The number of amides is 1. The summed E-state index contributed by atoms with van der Waals surface area (Å²) in [6.45, 7) is 7.78. The summed E-state index contributed by atoms with van der Waals surface area (Å²) < 4.78 is 7.26. The molecule has 6 heteroatoms. The normalized spacial score (nSPS) is 14.0. The number of carbonyl (C=O) groups excluding carboxylic acids is 1. The van der Waals surface area contributed by atoms with Crippen LogP contribution < -0.4 is 4.90 Å². The maximum Gasteiger partial charge on any atom is 0.257 e. The number of hydrogen-bond donors (Lipinski definition) is 0. The summed E-state index contributed by atoms with van der Waals surface area (Å²) in [6.07, 6.45) is 0.